The number of hydrogen-bond donors (Lipinski definition) is 2. The topological polar surface area (TPSA) is 54.0 Å². The van der Waals surface area contributed by atoms with Gasteiger partial charge in [0.25, 0.3) is 0 Å². The van der Waals surface area contributed by atoms with Crippen LogP contribution in [0.1, 0.15) is 6.92 Å². The quantitative estimate of drug-likeness (QED) is 0.769. The van der Waals surface area contributed by atoms with Crippen LogP contribution in [0.15, 0.2) is 18.2 Å². The molecule has 0 aliphatic rings. The molecule has 2 N–H and O–H groups in total. The number of nitrogens with zero attached hydrogens (tertiary/aromatic N) is 1. The summed E-state index contributed by atoms with van der Waals surface area (Å²) in [5.74, 6) is 3.03. The Morgan fingerprint density at radius 1 is 1.40 bits per heavy atom. The fourth-order valence-electron chi connectivity index (χ4n) is 1.11. The minimum atomic E-state index is -0.714. The van der Waals surface area contributed by atoms with Gasteiger partial charge in [-0.1, -0.05) is 13.0 Å². The zero-order chi connectivity index (χ0) is 11.1. The molecule has 0 saturated carbocycles. The lowest BCUT2D eigenvalue weighted by atomic mass is 10.4. The van der Waals surface area contributed by atoms with Crippen molar-refractivity contribution < 1.29 is 4.21 Å². The molecule has 15 heavy (non-hydrogen) atoms. The molecule has 0 bridgehead atoms. The molecule has 1 aromatic heterocycles. The minimum absolute atomic E-state index is 0.669. The van der Waals surface area contributed by atoms with E-state index in [9.17, 15) is 4.21 Å². The van der Waals surface area contributed by atoms with E-state index in [1.807, 2.05) is 32.2 Å². The Balaban J connectivity index is 2.40. The molecular weight excluding hydrogens is 210 g/mol. The van der Waals surface area contributed by atoms with Crippen molar-refractivity contribution in [1.82, 2.24) is 4.98 Å². The Labute approximate surface area is 92.9 Å². The summed E-state index contributed by atoms with van der Waals surface area (Å²) in [6, 6.07) is 5.73. The second-order valence-electron chi connectivity index (χ2n) is 3.02. The van der Waals surface area contributed by atoms with E-state index in [-0.39, 0.29) is 0 Å². The van der Waals surface area contributed by atoms with Gasteiger partial charge in [0.1, 0.15) is 11.6 Å². The summed E-state index contributed by atoms with van der Waals surface area (Å²) in [4.78, 5) is 4.29. The summed E-state index contributed by atoms with van der Waals surface area (Å²) in [5, 5.41) is 6.11. The molecule has 5 heteroatoms. The SMILES string of the molecule is CCS(=O)CCNc1cccc(NC)n1. The van der Waals surface area contributed by atoms with Gasteiger partial charge < -0.3 is 10.6 Å². The molecule has 1 unspecified atom stereocenters. The van der Waals surface area contributed by atoms with Crippen molar-refractivity contribution in [2.75, 3.05) is 35.7 Å². The van der Waals surface area contributed by atoms with Crippen molar-refractivity contribution >= 4 is 22.4 Å². The summed E-state index contributed by atoms with van der Waals surface area (Å²) < 4.78 is 11.2. The molecule has 0 radical (unpaired) electrons. The third kappa shape index (κ3) is 4.29. The van der Waals surface area contributed by atoms with Crippen molar-refractivity contribution in [3.05, 3.63) is 18.2 Å². The van der Waals surface area contributed by atoms with Crippen LogP contribution in [0.5, 0.6) is 0 Å². The zero-order valence-corrected chi connectivity index (χ0v) is 9.93. The van der Waals surface area contributed by atoms with Crippen molar-refractivity contribution in [3.8, 4) is 0 Å². The summed E-state index contributed by atoms with van der Waals surface area (Å²) in [7, 11) is 1.12. The molecule has 4 nitrogen and oxygen atoms in total. The van der Waals surface area contributed by atoms with E-state index in [1.54, 1.807) is 0 Å². The normalized spacial score (nSPS) is 12.1. The first-order chi connectivity index (χ1) is 7.26. The van der Waals surface area contributed by atoms with Crippen LogP contribution in [-0.2, 0) is 10.8 Å². The molecule has 0 fully saturated rings. The van der Waals surface area contributed by atoms with Gasteiger partial charge in [-0.2, -0.15) is 0 Å². The monoisotopic (exact) mass is 227 g/mol. The number of pyridine rings is 1. The van der Waals surface area contributed by atoms with Gasteiger partial charge in [-0.3, -0.25) is 4.21 Å². The highest BCUT2D eigenvalue weighted by molar-refractivity contribution is 7.84. The average molecular weight is 227 g/mol. The van der Waals surface area contributed by atoms with E-state index in [4.69, 9.17) is 0 Å². The van der Waals surface area contributed by atoms with E-state index < -0.39 is 10.8 Å². The highest BCUT2D eigenvalue weighted by Crippen LogP contribution is 2.07. The van der Waals surface area contributed by atoms with E-state index in [0.717, 1.165) is 11.6 Å². The molecule has 1 aromatic rings. The molecule has 0 aliphatic heterocycles. The van der Waals surface area contributed by atoms with Gasteiger partial charge in [0.05, 0.1) is 0 Å². The van der Waals surface area contributed by atoms with Crippen molar-refractivity contribution in [1.29, 1.82) is 0 Å². The first-order valence-corrected chi connectivity index (χ1v) is 6.48. The summed E-state index contributed by atoms with van der Waals surface area (Å²) in [5.41, 5.74) is 0. The van der Waals surface area contributed by atoms with Crippen molar-refractivity contribution in [2.24, 2.45) is 0 Å². The largest absolute Gasteiger partial charge is 0.373 e. The Morgan fingerprint density at radius 2 is 2.13 bits per heavy atom. The highest BCUT2D eigenvalue weighted by atomic mass is 32.2. The lowest BCUT2D eigenvalue weighted by molar-refractivity contribution is 0.684. The van der Waals surface area contributed by atoms with E-state index in [1.165, 1.54) is 0 Å². The maximum absolute atomic E-state index is 11.2. The first kappa shape index (κ1) is 12.0. The molecule has 0 amide bonds. The fraction of sp³-hybridized carbons (Fsp3) is 0.500. The molecular formula is C10H17N3OS. The van der Waals surface area contributed by atoms with Crippen LogP contribution in [-0.4, -0.2) is 34.3 Å². The molecule has 0 saturated heterocycles. The van der Waals surface area contributed by atoms with Crippen LogP contribution in [0.25, 0.3) is 0 Å². The molecule has 1 heterocycles. The lowest BCUT2D eigenvalue weighted by Gasteiger charge is -2.06. The van der Waals surface area contributed by atoms with Gasteiger partial charge in [0.15, 0.2) is 0 Å². The minimum Gasteiger partial charge on any atom is -0.373 e. The predicted molar refractivity (Wildman–Crippen MR) is 65.8 cm³/mol. The Morgan fingerprint density at radius 3 is 2.80 bits per heavy atom. The Bertz CT molecular complexity index is 330. The molecule has 1 atom stereocenters. The molecule has 0 spiro atoms. The van der Waals surface area contributed by atoms with Crippen molar-refractivity contribution in [2.45, 2.75) is 6.92 Å². The van der Waals surface area contributed by atoms with Gasteiger partial charge >= 0.3 is 0 Å². The van der Waals surface area contributed by atoms with Crippen LogP contribution in [0.4, 0.5) is 11.6 Å². The van der Waals surface area contributed by atoms with Gasteiger partial charge in [0, 0.05) is 35.9 Å². The molecule has 84 valence electrons. The highest BCUT2D eigenvalue weighted by Gasteiger charge is 1.97. The van der Waals surface area contributed by atoms with Crippen molar-refractivity contribution in [3.63, 3.8) is 0 Å². The standard InChI is InChI=1S/C10H17N3OS/c1-3-15(14)8-7-12-10-6-4-5-9(11-2)13-10/h4-6H,3,7-8H2,1-2H3,(H2,11,12,13). The maximum Gasteiger partial charge on any atom is 0.128 e. The average Bonchev–Trinajstić information content (AvgIpc) is 2.29. The van der Waals surface area contributed by atoms with Crippen LogP contribution >= 0.6 is 0 Å². The Hall–Kier alpha value is -1.10. The predicted octanol–water partition coefficient (Wildman–Crippen LogP) is 1.30. The van der Waals surface area contributed by atoms with Crippen LogP contribution in [0.3, 0.4) is 0 Å². The second-order valence-corrected chi connectivity index (χ2v) is 4.88. The number of aromatic nitrogens is 1. The van der Waals surface area contributed by atoms with Gasteiger partial charge in [-0.25, -0.2) is 4.98 Å². The Kier molecular flexibility index (Phi) is 5.10. The molecule has 0 aromatic carbocycles. The third-order valence-corrected chi connectivity index (χ3v) is 3.27. The maximum atomic E-state index is 11.2. The zero-order valence-electron chi connectivity index (χ0n) is 9.12. The number of nitrogens with one attached hydrogen (secondary N) is 2. The second kappa shape index (κ2) is 6.40. The van der Waals surface area contributed by atoms with Crippen LogP contribution in [0, 0.1) is 0 Å². The van der Waals surface area contributed by atoms with E-state index >= 15 is 0 Å². The van der Waals surface area contributed by atoms with Crippen LogP contribution < -0.4 is 10.6 Å². The number of rotatable bonds is 6. The van der Waals surface area contributed by atoms with Gasteiger partial charge in [-0.05, 0) is 12.1 Å². The fourth-order valence-corrected chi connectivity index (χ4v) is 1.73. The summed E-state index contributed by atoms with van der Waals surface area (Å²) >= 11 is 0. The summed E-state index contributed by atoms with van der Waals surface area (Å²) in [6.45, 7) is 2.62. The third-order valence-electron chi connectivity index (χ3n) is 1.96. The van der Waals surface area contributed by atoms with Crippen LogP contribution in [0.2, 0.25) is 0 Å². The molecule has 1 rings (SSSR count). The van der Waals surface area contributed by atoms with Gasteiger partial charge in [-0.15, -0.1) is 0 Å². The summed E-state index contributed by atoms with van der Waals surface area (Å²) in [6.07, 6.45) is 0. The number of hydrogen-bond acceptors (Lipinski definition) is 4. The van der Waals surface area contributed by atoms with Gasteiger partial charge in [0.2, 0.25) is 0 Å². The molecule has 0 aliphatic carbocycles. The smallest absolute Gasteiger partial charge is 0.128 e. The van der Waals surface area contributed by atoms with E-state index in [2.05, 4.69) is 15.6 Å². The first-order valence-electron chi connectivity index (χ1n) is 5.00. The number of anilines is 2. The van der Waals surface area contributed by atoms with E-state index in [0.29, 0.717) is 18.1 Å². The lowest BCUT2D eigenvalue weighted by Crippen LogP contribution is -2.12.